The van der Waals surface area contributed by atoms with E-state index in [0.29, 0.717) is 10.6 Å². The number of hydrogen-bond donors (Lipinski definition) is 0. The molecular weight excluding hydrogens is 313 g/mol. The van der Waals surface area contributed by atoms with Gasteiger partial charge in [0, 0.05) is 17.9 Å². The van der Waals surface area contributed by atoms with Crippen LogP contribution in [0, 0.1) is 15.9 Å². The fourth-order valence-corrected chi connectivity index (χ4v) is 1.94. The quantitative estimate of drug-likeness (QED) is 0.468. The third-order valence-corrected chi connectivity index (χ3v) is 3.22. The van der Waals surface area contributed by atoms with Gasteiger partial charge >= 0.3 is 5.97 Å². The van der Waals surface area contributed by atoms with Crippen molar-refractivity contribution in [3.05, 3.63) is 58.4 Å². The van der Waals surface area contributed by atoms with Gasteiger partial charge in [0.05, 0.1) is 23.0 Å². The van der Waals surface area contributed by atoms with Crippen LogP contribution in [0.5, 0.6) is 11.5 Å². The van der Waals surface area contributed by atoms with E-state index in [-0.39, 0.29) is 11.4 Å². The molecule has 0 atom stereocenters. The highest BCUT2D eigenvalue weighted by Crippen LogP contribution is 2.29. The Hall–Kier alpha value is -2.61. The lowest BCUT2D eigenvalue weighted by Crippen LogP contribution is -1.92. The molecule has 0 N–H and O–H groups in total. The van der Waals surface area contributed by atoms with Gasteiger partial charge in [0.2, 0.25) is 0 Å². The van der Waals surface area contributed by atoms with E-state index in [1.807, 2.05) is 0 Å². The minimum absolute atomic E-state index is 0.119. The SMILES string of the molecule is CC(=O)OSc1ccc(Oc2ccc([N+](=O)[O-])cc2F)cc1. The first-order valence-corrected chi connectivity index (χ1v) is 6.77. The maximum absolute atomic E-state index is 13.7. The number of rotatable bonds is 5. The van der Waals surface area contributed by atoms with E-state index in [1.54, 1.807) is 24.3 Å². The van der Waals surface area contributed by atoms with Crippen LogP contribution in [0.4, 0.5) is 10.1 Å². The van der Waals surface area contributed by atoms with Crippen molar-refractivity contribution < 1.29 is 23.0 Å². The second-order valence-electron chi connectivity index (χ2n) is 4.10. The number of hydrogen-bond acceptors (Lipinski definition) is 6. The molecule has 2 aromatic carbocycles. The van der Waals surface area contributed by atoms with Crippen LogP contribution >= 0.6 is 12.0 Å². The summed E-state index contributed by atoms with van der Waals surface area (Å²) in [6, 6.07) is 9.52. The lowest BCUT2D eigenvalue weighted by atomic mass is 10.3. The zero-order valence-electron chi connectivity index (χ0n) is 11.3. The molecule has 0 heterocycles. The van der Waals surface area contributed by atoms with Gasteiger partial charge in [-0.05, 0) is 30.3 Å². The van der Waals surface area contributed by atoms with E-state index in [1.165, 1.54) is 13.0 Å². The summed E-state index contributed by atoms with van der Waals surface area (Å²) < 4.78 is 23.8. The van der Waals surface area contributed by atoms with E-state index < -0.39 is 16.7 Å². The predicted molar refractivity (Wildman–Crippen MR) is 77.2 cm³/mol. The van der Waals surface area contributed by atoms with Crippen LogP contribution in [-0.2, 0) is 8.98 Å². The molecule has 0 aliphatic heterocycles. The van der Waals surface area contributed by atoms with Crippen LogP contribution in [0.25, 0.3) is 0 Å². The first-order chi connectivity index (χ1) is 10.5. The first kappa shape index (κ1) is 15.8. The fraction of sp³-hybridized carbons (Fsp3) is 0.0714. The summed E-state index contributed by atoms with van der Waals surface area (Å²) in [5, 5.41) is 10.5. The maximum Gasteiger partial charge on any atom is 0.315 e. The van der Waals surface area contributed by atoms with Crippen LogP contribution in [0.3, 0.4) is 0 Å². The third kappa shape index (κ3) is 4.19. The van der Waals surface area contributed by atoms with Gasteiger partial charge in [0.15, 0.2) is 11.6 Å². The Labute approximate surface area is 129 Å². The normalized spacial score (nSPS) is 10.1. The van der Waals surface area contributed by atoms with Crippen LogP contribution < -0.4 is 4.74 Å². The van der Waals surface area contributed by atoms with Crippen molar-refractivity contribution in [3.8, 4) is 11.5 Å². The molecule has 8 heteroatoms. The molecule has 114 valence electrons. The van der Waals surface area contributed by atoms with Gasteiger partial charge in [0.1, 0.15) is 5.75 Å². The summed E-state index contributed by atoms with van der Waals surface area (Å²) in [6.45, 7) is 1.29. The molecule has 22 heavy (non-hydrogen) atoms. The molecule has 0 aliphatic rings. The topological polar surface area (TPSA) is 78.7 Å². The average molecular weight is 323 g/mol. The van der Waals surface area contributed by atoms with E-state index in [2.05, 4.69) is 0 Å². The Morgan fingerprint density at radius 1 is 1.23 bits per heavy atom. The van der Waals surface area contributed by atoms with Crippen LogP contribution in [0.15, 0.2) is 47.4 Å². The fourth-order valence-electron chi connectivity index (χ4n) is 1.48. The summed E-state index contributed by atoms with van der Waals surface area (Å²) in [7, 11) is 0. The Bertz CT molecular complexity index is 705. The van der Waals surface area contributed by atoms with Gasteiger partial charge in [-0.15, -0.1) is 0 Å². The lowest BCUT2D eigenvalue weighted by molar-refractivity contribution is -0.385. The van der Waals surface area contributed by atoms with Gasteiger partial charge in [-0.1, -0.05) is 0 Å². The van der Waals surface area contributed by atoms with Crippen molar-refractivity contribution in [2.24, 2.45) is 0 Å². The number of nitro benzene ring substituents is 1. The number of ether oxygens (including phenoxy) is 1. The molecule has 0 saturated heterocycles. The lowest BCUT2D eigenvalue weighted by Gasteiger charge is -2.07. The summed E-state index contributed by atoms with van der Waals surface area (Å²) in [4.78, 5) is 21.2. The second-order valence-corrected chi connectivity index (χ2v) is 4.91. The van der Waals surface area contributed by atoms with Crippen molar-refractivity contribution in [1.82, 2.24) is 0 Å². The number of nitrogens with zero attached hydrogens (tertiary/aromatic N) is 1. The number of carbonyl (C=O) groups excluding carboxylic acids is 1. The van der Waals surface area contributed by atoms with Crippen molar-refractivity contribution in [3.63, 3.8) is 0 Å². The van der Waals surface area contributed by atoms with Crippen molar-refractivity contribution in [2.45, 2.75) is 11.8 Å². The number of nitro groups is 1. The van der Waals surface area contributed by atoms with Crippen molar-refractivity contribution in [2.75, 3.05) is 0 Å². The van der Waals surface area contributed by atoms with Gasteiger partial charge in [-0.2, -0.15) is 0 Å². The highest BCUT2D eigenvalue weighted by molar-refractivity contribution is 7.95. The predicted octanol–water partition coefficient (Wildman–Crippen LogP) is 4.10. The number of carbonyl (C=O) groups is 1. The molecule has 6 nitrogen and oxygen atoms in total. The highest BCUT2D eigenvalue weighted by atomic mass is 32.2. The molecule has 0 unspecified atom stereocenters. The van der Waals surface area contributed by atoms with Gasteiger partial charge < -0.3 is 8.92 Å². The molecule has 0 amide bonds. The second kappa shape index (κ2) is 6.90. The highest BCUT2D eigenvalue weighted by Gasteiger charge is 2.12. The molecule has 0 spiro atoms. The van der Waals surface area contributed by atoms with Crippen molar-refractivity contribution in [1.29, 1.82) is 0 Å². The Kier molecular flexibility index (Phi) is 4.95. The van der Waals surface area contributed by atoms with E-state index >= 15 is 0 Å². The molecule has 0 saturated carbocycles. The minimum Gasteiger partial charge on any atom is -0.454 e. The Morgan fingerprint density at radius 2 is 1.91 bits per heavy atom. The molecule has 0 aliphatic carbocycles. The zero-order valence-corrected chi connectivity index (χ0v) is 12.1. The monoisotopic (exact) mass is 323 g/mol. The van der Waals surface area contributed by atoms with Crippen molar-refractivity contribution >= 4 is 23.7 Å². The van der Waals surface area contributed by atoms with Gasteiger partial charge in [0.25, 0.3) is 5.69 Å². The molecule has 0 radical (unpaired) electrons. The van der Waals surface area contributed by atoms with Crippen LogP contribution in [0.2, 0.25) is 0 Å². The Balaban J connectivity index is 2.07. The van der Waals surface area contributed by atoms with Gasteiger partial charge in [-0.3, -0.25) is 14.9 Å². The van der Waals surface area contributed by atoms with Gasteiger partial charge in [-0.25, -0.2) is 4.39 Å². The third-order valence-electron chi connectivity index (χ3n) is 2.43. The summed E-state index contributed by atoms with van der Waals surface area (Å²) >= 11 is 0.898. The smallest absolute Gasteiger partial charge is 0.315 e. The largest absolute Gasteiger partial charge is 0.454 e. The molecule has 0 bridgehead atoms. The number of halogens is 1. The molecule has 0 aromatic heterocycles. The number of non-ortho nitro benzene ring substituents is 1. The first-order valence-electron chi connectivity index (χ1n) is 6.02. The van der Waals surface area contributed by atoms with E-state index in [4.69, 9.17) is 8.92 Å². The maximum atomic E-state index is 13.7. The Morgan fingerprint density at radius 3 is 2.45 bits per heavy atom. The minimum atomic E-state index is -0.826. The number of benzene rings is 2. The summed E-state index contributed by atoms with van der Waals surface area (Å²) in [5.74, 6) is -1.02. The molecule has 0 fully saturated rings. The summed E-state index contributed by atoms with van der Waals surface area (Å²) in [5.41, 5.74) is -0.349. The average Bonchev–Trinajstić information content (AvgIpc) is 2.48. The summed E-state index contributed by atoms with van der Waals surface area (Å²) in [6.07, 6.45) is 0. The molecular formula is C14H10FNO5S. The van der Waals surface area contributed by atoms with E-state index in [0.717, 1.165) is 24.2 Å². The molecule has 2 aromatic rings. The molecule has 2 rings (SSSR count). The zero-order chi connectivity index (χ0) is 16.1. The van der Waals surface area contributed by atoms with Crippen LogP contribution in [0.1, 0.15) is 6.92 Å². The van der Waals surface area contributed by atoms with Crippen LogP contribution in [-0.4, -0.2) is 10.9 Å². The van der Waals surface area contributed by atoms with E-state index in [9.17, 15) is 19.3 Å². The standard InChI is InChI=1S/C14H10FNO5S/c1-9(17)21-22-12-5-3-11(4-6-12)20-14-7-2-10(16(18)19)8-13(14)15/h2-8H,1H3.